The van der Waals surface area contributed by atoms with Gasteiger partial charge in [0.15, 0.2) is 0 Å². The summed E-state index contributed by atoms with van der Waals surface area (Å²) in [5.41, 5.74) is 0. The number of carboxylic acids is 1. The maximum atomic E-state index is 12.4. The molecule has 0 radical (unpaired) electrons. The molecule has 18 heavy (non-hydrogen) atoms. The van der Waals surface area contributed by atoms with Gasteiger partial charge in [0.05, 0.1) is 24.7 Å². The van der Waals surface area contributed by atoms with Crippen molar-refractivity contribution in [1.82, 2.24) is 4.90 Å². The van der Waals surface area contributed by atoms with E-state index in [2.05, 4.69) is 0 Å². The van der Waals surface area contributed by atoms with E-state index >= 15 is 0 Å². The highest BCUT2D eigenvalue weighted by molar-refractivity contribution is 5.81. The average Bonchev–Trinajstić information content (AvgIpc) is 2.81. The van der Waals surface area contributed by atoms with Crippen molar-refractivity contribution in [1.29, 1.82) is 0 Å². The maximum absolute atomic E-state index is 12.4. The summed E-state index contributed by atoms with van der Waals surface area (Å²) in [6, 6.07) is 0.0950. The molecule has 1 N–H and O–H groups in total. The van der Waals surface area contributed by atoms with Gasteiger partial charge in [-0.25, -0.2) is 0 Å². The number of carboxylic acid groups (broad SMARTS) is 1. The molecule has 0 spiro atoms. The summed E-state index contributed by atoms with van der Waals surface area (Å²) in [6.07, 6.45) is 1.89. The zero-order chi connectivity index (χ0) is 13.3. The van der Waals surface area contributed by atoms with Gasteiger partial charge in [-0.05, 0) is 33.1 Å². The summed E-state index contributed by atoms with van der Waals surface area (Å²) in [5.74, 6) is -1.11. The molecule has 1 saturated carbocycles. The van der Waals surface area contributed by atoms with Crippen LogP contribution in [0.15, 0.2) is 0 Å². The predicted molar refractivity (Wildman–Crippen MR) is 65.1 cm³/mol. The summed E-state index contributed by atoms with van der Waals surface area (Å²) in [7, 11) is 0. The molecule has 4 atom stereocenters. The van der Waals surface area contributed by atoms with Crippen LogP contribution in [0.5, 0.6) is 0 Å². The highest BCUT2D eigenvalue weighted by atomic mass is 16.5. The van der Waals surface area contributed by atoms with Crippen molar-refractivity contribution in [2.45, 2.75) is 45.3 Å². The lowest BCUT2D eigenvalue weighted by Gasteiger charge is -2.38. The highest BCUT2D eigenvalue weighted by Crippen LogP contribution is 2.33. The molecule has 4 unspecified atom stereocenters. The Morgan fingerprint density at radius 3 is 2.50 bits per heavy atom. The summed E-state index contributed by atoms with van der Waals surface area (Å²) >= 11 is 0. The SMILES string of the molecule is CC1CN(C(=O)C2CCC(C(=O)O)C2)C(C)CO1. The van der Waals surface area contributed by atoms with Gasteiger partial charge in [-0.1, -0.05) is 0 Å². The van der Waals surface area contributed by atoms with E-state index in [-0.39, 0.29) is 29.9 Å². The van der Waals surface area contributed by atoms with E-state index in [9.17, 15) is 9.59 Å². The number of carbonyl (C=O) groups is 2. The van der Waals surface area contributed by atoms with Crippen LogP contribution in [0.1, 0.15) is 33.1 Å². The molecule has 0 aromatic rings. The molecule has 2 fully saturated rings. The lowest BCUT2D eigenvalue weighted by molar-refractivity contribution is -0.147. The van der Waals surface area contributed by atoms with E-state index < -0.39 is 5.97 Å². The molecule has 1 aliphatic carbocycles. The zero-order valence-electron chi connectivity index (χ0n) is 11.0. The first kappa shape index (κ1) is 13.3. The molecule has 1 heterocycles. The third-order valence-electron chi connectivity index (χ3n) is 4.02. The minimum Gasteiger partial charge on any atom is -0.481 e. The van der Waals surface area contributed by atoms with Gasteiger partial charge in [0.25, 0.3) is 0 Å². The quantitative estimate of drug-likeness (QED) is 0.803. The molecule has 0 aromatic heterocycles. The number of rotatable bonds is 2. The second-order valence-corrected chi connectivity index (χ2v) is 5.53. The van der Waals surface area contributed by atoms with Gasteiger partial charge in [0.2, 0.25) is 5.91 Å². The number of carbonyl (C=O) groups excluding carboxylic acids is 1. The normalized spacial score (nSPS) is 36.7. The molecule has 1 aliphatic heterocycles. The van der Waals surface area contributed by atoms with Crippen LogP contribution < -0.4 is 0 Å². The van der Waals surface area contributed by atoms with Crippen molar-refractivity contribution < 1.29 is 19.4 Å². The Hall–Kier alpha value is -1.10. The van der Waals surface area contributed by atoms with Crippen molar-refractivity contribution >= 4 is 11.9 Å². The Bertz CT molecular complexity index is 344. The standard InChI is InChI=1S/C13H21NO4/c1-8-7-18-9(2)6-14(8)12(15)10-3-4-11(5-10)13(16)17/h8-11H,3-7H2,1-2H3,(H,16,17). The van der Waals surface area contributed by atoms with Crippen molar-refractivity contribution in [2.75, 3.05) is 13.2 Å². The molecule has 2 rings (SSSR count). The highest BCUT2D eigenvalue weighted by Gasteiger charge is 2.38. The van der Waals surface area contributed by atoms with Crippen LogP contribution in [0, 0.1) is 11.8 Å². The van der Waals surface area contributed by atoms with Crippen LogP contribution in [-0.2, 0) is 14.3 Å². The Morgan fingerprint density at radius 1 is 1.22 bits per heavy atom. The lowest BCUT2D eigenvalue weighted by Crippen LogP contribution is -2.51. The Balaban J connectivity index is 1.97. The third-order valence-corrected chi connectivity index (χ3v) is 4.02. The second-order valence-electron chi connectivity index (χ2n) is 5.53. The van der Waals surface area contributed by atoms with Gasteiger partial charge in [-0.3, -0.25) is 9.59 Å². The summed E-state index contributed by atoms with van der Waals surface area (Å²) in [6.45, 7) is 5.13. The van der Waals surface area contributed by atoms with Crippen LogP contribution in [-0.4, -0.2) is 47.2 Å². The Morgan fingerprint density at radius 2 is 1.89 bits per heavy atom. The van der Waals surface area contributed by atoms with Gasteiger partial charge in [-0.2, -0.15) is 0 Å². The Labute approximate surface area is 107 Å². The maximum Gasteiger partial charge on any atom is 0.306 e. The fraction of sp³-hybridized carbons (Fsp3) is 0.846. The van der Waals surface area contributed by atoms with Crippen LogP contribution in [0.3, 0.4) is 0 Å². The fourth-order valence-corrected chi connectivity index (χ4v) is 2.87. The average molecular weight is 255 g/mol. The molecule has 1 amide bonds. The van der Waals surface area contributed by atoms with E-state index in [0.717, 1.165) is 0 Å². The minimum absolute atomic E-state index is 0.0711. The van der Waals surface area contributed by atoms with Crippen molar-refractivity contribution in [3.05, 3.63) is 0 Å². The molecule has 1 saturated heterocycles. The molecular weight excluding hydrogens is 234 g/mol. The van der Waals surface area contributed by atoms with Crippen LogP contribution in [0.25, 0.3) is 0 Å². The number of ether oxygens (including phenoxy) is 1. The molecule has 102 valence electrons. The summed E-state index contributed by atoms with van der Waals surface area (Å²) < 4.78 is 5.50. The minimum atomic E-state index is -0.770. The molecule has 5 nitrogen and oxygen atoms in total. The van der Waals surface area contributed by atoms with Crippen molar-refractivity contribution in [3.63, 3.8) is 0 Å². The van der Waals surface area contributed by atoms with E-state index in [4.69, 9.17) is 9.84 Å². The van der Waals surface area contributed by atoms with Crippen molar-refractivity contribution in [2.24, 2.45) is 11.8 Å². The summed E-state index contributed by atoms with van der Waals surface area (Å²) in [4.78, 5) is 25.2. The van der Waals surface area contributed by atoms with Crippen molar-refractivity contribution in [3.8, 4) is 0 Å². The zero-order valence-corrected chi connectivity index (χ0v) is 11.0. The van der Waals surface area contributed by atoms with Crippen LogP contribution in [0.4, 0.5) is 0 Å². The van der Waals surface area contributed by atoms with Crippen LogP contribution in [0.2, 0.25) is 0 Å². The number of hydrogen-bond acceptors (Lipinski definition) is 3. The third kappa shape index (κ3) is 2.66. The number of aliphatic carboxylic acids is 1. The first-order chi connectivity index (χ1) is 8.49. The van der Waals surface area contributed by atoms with Gasteiger partial charge in [-0.15, -0.1) is 0 Å². The summed E-state index contributed by atoms with van der Waals surface area (Å²) in [5, 5.41) is 8.97. The van der Waals surface area contributed by atoms with E-state index in [1.54, 1.807) is 0 Å². The number of morpholine rings is 1. The van der Waals surface area contributed by atoms with Gasteiger partial charge in [0, 0.05) is 12.5 Å². The van der Waals surface area contributed by atoms with E-state index in [0.29, 0.717) is 32.4 Å². The molecule has 0 bridgehead atoms. The van der Waals surface area contributed by atoms with E-state index in [1.807, 2.05) is 18.7 Å². The predicted octanol–water partition coefficient (Wildman–Crippen LogP) is 1.12. The van der Waals surface area contributed by atoms with Crippen LogP contribution >= 0.6 is 0 Å². The van der Waals surface area contributed by atoms with Gasteiger partial charge >= 0.3 is 5.97 Å². The number of amides is 1. The number of nitrogens with zero attached hydrogens (tertiary/aromatic N) is 1. The molecule has 0 aromatic carbocycles. The first-order valence-electron chi connectivity index (χ1n) is 6.64. The monoisotopic (exact) mass is 255 g/mol. The van der Waals surface area contributed by atoms with E-state index in [1.165, 1.54) is 0 Å². The first-order valence-corrected chi connectivity index (χ1v) is 6.64. The second kappa shape index (κ2) is 5.26. The largest absolute Gasteiger partial charge is 0.481 e. The van der Waals surface area contributed by atoms with Gasteiger partial charge in [0.1, 0.15) is 0 Å². The molecular formula is C13H21NO4. The van der Waals surface area contributed by atoms with Gasteiger partial charge < -0.3 is 14.7 Å². The smallest absolute Gasteiger partial charge is 0.306 e. The Kier molecular flexibility index (Phi) is 3.90. The molecule has 2 aliphatic rings. The fourth-order valence-electron chi connectivity index (χ4n) is 2.87. The number of hydrogen-bond donors (Lipinski definition) is 1. The lowest BCUT2D eigenvalue weighted by atomic mass is 10.0. The topological polar surface area (TPSA) is 66.8 Å². The molecule has 5 heteroatoms.